The highest BCUT2D eigenvalue weighted by Gasteiger charge is 2.26. The van der Waals surface area contributed by atoms with Crippen LogP contribution in [0.4, 0.5) is 10.5 Å². The highest BCUT2D eigenvalue weighted by molar-refractivity contribution is 6.05. The Balaban J connectivity index is 1.96. The van der Waals surface area contributed by atoms with Gasteiger partial charge in [0.25, 0.3) is 0 Å². The normalized spacial score (nSPS) is 16.6. The van der Waals surface area contributed by atoms with Crippen LogP contribution < -0.4 is 27.0 Å². The van der Waals surface area contributed by atoms with Crippen molar-refractivity contribution in [2.75, 3.05) is 25.0 Å². The molecule has 124 valence electrons. The highest BCUT2D eigenvalue weighted by atomic mass is 16.2. The molecular weight excluding hydrogens is 298 g/mol. The van der Waals surface area contributed by atoms with Gasteiger partial charge in [0.05, 0.1) is 0 Å². The average molecular weight is 319 g/mol. The Bertz CT molecular complexity index is 605. The van der Waals surface area contributed by atoms with E-state index in [1.54, 1.807) is 0 Å². The summed E-state index contributed by atoms with van der Waals surface area (Å²) in [5, 5.41) is 4.84. The molecule has 0 bridgehead atoms. The number of hydrogen-bond acceptors (Lipinski definition) is 4. The molecule has 0 saturated carbocycles. The Morgan fingerprint density at radius 3 is 2.57 bits per heavy atom. The molecule has 6 N–H and O–H groups in total. The van der Waals surface area contributed by atoms with Crippen LogP contribution in [0.15, 0.2) is 24.3 Å². The summed E-state index contributed by atoms with van der Waals surface area (Å²) >= 11 is 0. The average Bonchev–Trinajstić information content (AvgIpc) is 2.51. The molecule has 1 aromatic rings. The molecule has 2 rings (SSSR count). The number of benzene rings is 1. The zero-order chi connectivity index (χ0) is 17.0. The number of nitrogens with one attached hydrogen (secondary N) is 2. The molecule has 8 heteroatoms. The van der Waals surface area contributed by atoms with Gasteiger partial charge >= 0.3 is 6.03 Å². The minimum atomic E-state index is -1.51. The molecule has 0 aromatic heterocycles. The fourth-order valence-corrected chi connectivity index (χ4v) is 2.70. The summed E-state index contributed by atoms with van der Waals surface area (Å²) in [6.07, 6.45) is 0.892. The van der Waals surface area contributed by atoms with E-state index in [9.17, 15) is 14.4 Å². The van der Waals surface area contributed by atoms with E-state index in [2.05, 4.69) is 15.5 Å². The number of para-hydroxylation sites is 1. The summed E-state index contributed by atoms with van der Waals surface area (Å²) in [6, 6.07) is 5.84. The molecular formula is C15H21N5O3. The largest absolute Gasteiger partial charge is 0.374 e. The third-order valence-electron chi connectivity index (χ3n) is 3.95. The molecule has 1 aliphatic heterocycles. The molecule has 0 saturated heterocycles. The van der Waals surface area contributed by atoms with Crippen molar-refractivity contribution in [2.45, 2.75) is 18.4 Å². The topological polar surface area (TPSA) is 131 Å². The van der Waals surface area contributed by atoms with Crippen LogP contribution in [0.3, 0.4) is 0 Å². The molecule has 0 aliphatic carbocycles. The van der Waals surface area contributed by atoms with Crippen molar-refractivity contribution < 1.29 is 14.4 Å². The first-order valence-electron chi connectivity index (χ1n) is 7.33. The maximum atomic E-state index is 11.8. The van der Waals surface area contributed by atoms with Gasteiger partial charge in [-0.1, -0.05) is 18.2 Å². The Labute approximate surface area is 134 Å². The quantitative estimate of drug-likeness (QED) is 0.532. The highest BCUT2D eigenvalue weighted by Crippen LogP contribution is 2.33. The Morgan fingerprint density at radius 1 is 1.26 bits per heavy atom. The van der Waals surface area contributed by atoms with E-state index in [0.29, 0.717) is 6.54 Å². The predicted molar refractivity (Wildman–Crippen MR) is 85.8 cm³/mol. The van der Waals surface area contributed by atoms with Crippen molar-refractivity contribution in [2.24, 2.45) is 11.5 Å². The number of nitrogens with two attached hydrogens (primary N) is 2. The zero-order valence-electron chi connectivity index (χ0n) is 12.9. The number of nitrogens with zero attached hydrogens (tertiary/aromatic N) is 1. The zero-order valence-corrected chi connectivity index (χ0v) is 12.9. The lowest BCUT2D eigenvalue weighted by Crippen LogP contribution is -2.55. The standard InChI is InChI=1S/C15H21N5O3/c1-20-7-6-9(10-4-2-3-5-11(10)20)8-18-15(23)19-12(13(16)21)14(17)22/h2-5,9,12H,6-8H2,1H3,(H2,16,21)(H2,17,22)(H2,18,19,23)/t9-/m0/s1. The van der Waals surface area contributed by atoms with Crippen LogP contribution in [0.5, 0.6) is 0 Å². The number of urea groups is 1. The molecule has 1 aromatic carbocycles. The van der Waals surface area contributed by atoms with Crippen LogP contribution in [0, 0.1) is 0 Å². The van der Waals surface area contributed by atoms with Gasteiger partial charge in [-0.2, -0.15) is 0 Å². The SMILES string of the molecule is CN1CC[C@@H](CNC(=O)NC(C(N)=O)C(N)=O)c2ccccc21. The fourth-order valence-electron chi connectivity index (χ4n) is 2.70. The van der Waals surface area contributed by atoms with Crippen molar-refractivity contribution in [3.05, 3.63) is 29.8 Å². The number of carbonyl (C=O) groups excluding carboxylic acids is 3. The van der Waals surface area contributed by atoms with E-state index in [4.69, 9.17) is 11.5 Å². The fraction of sp³-hybridized carbons (Fsp3) is 0.400. The third kappa shape index (κ3) is 3.91. The van der Waals surface area contributed by atoms with Gasteiger partial charge < -0.3 is 27.0 Å². The number of fused-ring (bicyclic) bond motifs is 1. The number of anilines is 1. The first kappa shape index (κ1) is 16.6. The summed E-state index contributed by atoms with van der Waals surface area (Å²) in [5.41, 5.74) is 12.3. The van der Waals surface area contributed by atoms with Crippen LogP contribution in [0.25, 0.3) is 0 Å². The molecule has 8 nitrogen and oxygen atoms in total. The van der Waals surface area contributed by atoms with Crippen molar-refractivity contribution in [1.29, 1.82) is 0 Å². The van der Waals surface area contributed by atoms with Crippen molar-refractivity contribution in [3.8, 4) is 0 Å². The van der Waals surface area contributed by atoms with Gasteiger partial charge in [-0.25, -0.2) is 4.79 Å². The van der Waals surface area contributed by atoms with Crippen LogP contribution in [-0.2, 0) is 9.59 Å². The Morgan fingerprint density at radius 2 is 1.91 bits per heavy atom. The van der Waals surface area contributed by atoms with Gasteiger partial charge in [0.1, 0.15) is 0 Å². The number of hydrogen-bond donors (Lipinski definition) is 4. The van der Waals surface area contributed by atoms with Gasteiger partial charge in [-0.05, 0) is 18.1 Å². The smallest absolute Gasteiger partial charge is 0.315 e. The first-order chi connectivity index (χ1) is 10.9. The van der Waals surface area contributed by atoms with Crippen molar-refractivity contribution >= 4 is 23.5 Å². The van der Waals surface area contributed by atoms with E-state index in [1.807, 2.05) is 31.3 Å². The lowest BCUT2D eigenvalue weighted by atomic mass is 9.90. The maximum Gasteiger partial charge on any atom is 0.315 e. The summed E-state index contributed by atoms with van der Waals surface area (Å²) in [5.74, 6) is -1.82. The Kier molecular flexibility index (Phi) is 5.05. The molecule has 1 heterocycles. The summed E-state index contributed by atoms with van der Waals surface area (Å²) in [4.78, 5) is 36.1. The maximum absolute atomic E-state index is 11.8. The minimum Gasteiger partial charge on any atom is -0.374 e. The van der Waals surface area contributed by atoms with Crippen LogP contribution >= 0.6 is 0 Å². The van der Waals surface area contributed by atoms with E-state index >= 15 is 0 Å². The lowest BCUT2D eigenvalue weighted by Gasteiger charge is -2.33. The summed E-state index contributed by atoms with van der Waals surface area (Å²) < 4.78 is 0. The lowest BCUT2D eigenvalue weighted by molar-refractivity contribution is -0.128. The number of rotatable bonds is 5. The molecule has 1 aliphatic rings. The van der Waals surface area contributed by atoms with E-state index in [0.717, 1.165) is 24.2 Å². The minimum absolute atomic E-state index is 0.161. The predicted octanol–water partition coefficient (Wildman–Crippen LogP) is -0.751. The first-order valence-corrected chi connectivity index (χ1v) is 7.33. The number of primary amides is 2. The van der Waals surface area contributed by atoms with Gasteiger partial charge in [-0.3, -0.25) is 9.59 Å². The van der Waals surface area contributed by atoms with Crippen molar-refractivity contribution in [1.82, 2.24) is 10.6 Å². The van der Waals surface area contributed by atoms with Crippen LogP contribution in [0.1, 0.15) is 17.9 Å². The second-order valence-corrected chi connectivity index (χ2v) is 5.56. The van der Waals surface area contributed by atoms with E-state index in [1.165, 1.54) is 0 Å². The molecule has 0 spiro atoms. The number of carbonyl (C=O) groups is 3. The second-order valence-electron chi connectivity index (χ2n) is 5.56. The van der Waals surface area contributed by atoms with Crippen LogP contribution in [0.2, 0.25) is 0 Å². The van der Waals surface area contributed by atoms with E-state index < -0.39 is 23.9 Å². The second kappa shape index (κ2) is 6.99. The molecule has 0 unspecified atom stereocenters. The molecule has 0 fully saturated rings. The van der Waals surface area contributed by atoms with Gasteiger partial charge in [0, 0.05) is 31.7 Å². The van der Waals surface area contributed by atoms with Crippen molar-refractivity contribution in [3.63, 3.8) is 0 Å². The van der Waals surface area contributed by atoms with E-state index in [-0.39, 0.29) is 5.92 Å². The molecule has 0 radical (unpaired) electrons. The van der Waals surface area contributed by atoms with Gasteiger partial charge in [-0.15, -0.1) is 0 Å². The van der Waals surface area contributed by atoms with Crippen LogP contribution in [-0.4, -0.2) is 44.0 Å². The van der Waals surface area contributed by atoms with Gasteiger partial charge in [0.2, 0.25) is 11.8 Å². The summed E-state index contributed by atoms with van der Waals surface area (Å²) in [7, 11) is 2.03. The third-order valence-corrected chi connectivity index (χ3v) is 3.95. The molecule has 23 heavy (non-hydrogen) atoms. The number of amides is 4. The monoisotopic (exact) mass is 319 g/mol. The molecule has 4 amide bonds. The Hall–Kier alpha value is -2.77. The molecule has 1 atom stereocenters. The van der Waals surface area contributed by atoms with Gasteiger partial charge in [0.15, 0.2) is 6.04 Å². The summed E-state index contributed by atoms with van der Waals surface area (Å²) in [6.45, 7) is 1.27.